The summed E-state index contributed by atoms with van der Waals surface area (Å²) in [4.78, 5) is 25.5. The van der Waals surface area contributed by atoms with Gasteiger partial charge in [-0.2, -0.15) is 5.10 Å². The lowest BCUT2D eigenvalue weighted by Gasteiger charge is -2.28. The van der Waals surface area contributed by atoms with Gasteiger partial charge in [-0.3, -0.25) is 14.3 Å². The van der Waals surface area contributed by atoms with E-state index in [4.69, 9.17) is 5.73 Å². The van der Waals surface area contributed by atoms with Gasteiger partial charge >= 0.3 is 0 Å². The minimum absolute atomic E-state index is 0.0372. The van der Waals surface area contributed by atoms with E-state index < -0.39 is 11.8 Å². The second-order valence-corrected chi connectivity index (χ2v) is 5.50. The smallest absolute Gasteiger partial charge is 0.224 e. The average Bonchev–Trinajstić information content (AvgIpc) is 3.15. The summed E-state index contributed by atoms with van der Waals surface area (Å²) in [5, 5.41) is 4.22. The van der Waals surface area contributed by atoms with Crippen LogP contribution < -0.4 is 5.73 Å². The van der Waals surface area contributed by atoms with Crippen LogP contribution in [0.15, 0.2) is 48.8 Å². The van der Waals surface area contributed by atoms with Crippen LogP contribution in [0.2, 0.25) is 0 Å². The molecule has 1 aliphatic heterocycles. The highest BCUT2D eigenvalue weighted by Gasteiger charge is 2.37. The fourth-order valence-electron chi connectivity index (χ4n) is 2.87. The number of benzene rings is 1. The Hall–Kier alpha value is -2.63. The molecule has 2 atom stereocenters. The molecule has 22 heavy (non-hydrogen) atoms. The number of carbonyl (C=O) groups excluding carboxylic acids is 2. The second-order valence-electron chi connectivity index (χ2n) is 5.50. The molecular formula is C16H18N4O2. The molecule has 6 nitrogen and oxygen atoms in total. The lowest BCUT2D eigenvalue weighted by atomic mass is 10.1. The van der Waals surface area contributed by atoms with Crippen molar-refractivity contribution in [3.8, 4) is 0 Å². The van der Waals surface area contributed by atoms with E-state index in [-0.39, 0.29) is 18.4 Å². The van der Waals surface area contributed by atoms with E-state index in [1.807, 2.05) is 42.6 Å². The molecule has 0 saturated carbocycles. The van der Waals surface area contributed by atoms with E-state index >= 15 is 0 Å². The van der Waals surface area contributed by atoms with Crippen LogP contribution in [0.25, 0.3) is 0 Å². The third-order valence-electron chi connectivity index (χ3n) is 4.04. The van der Waals surface area contributed by atoms with Gasteiger partial charge in [-0.05, 0) is 11.6 Å². The zero-order valence-electron chi connectivity index (χ0n) is 12.1. The topological polar surface area (TPSA) is 81.2 Å². The molecular weight excluding hydrogens is 280 g/mol. The number of nitrogens with zero attached hydrogens (tertiary/aromatic N) is 3. The Morgan fingerprint density at radius 1 is 1.32 bits per heavy atom. The van der Waals surface area contributed by atoms with Gasteiger partial charge in [0.2, 0.25) is 11.8 Å². The summed E-state index contributed by atoms with van der Waals surface area (Å²) in [6.07, 6.45) is 3.76. The molecule has 114 valence electrons. The van der Waals surface area contributed by atoms with E-state index in [9.17, 15) is 9.59 Å². The van der Waals surface area contributed by atoms with Crippen molar-refractivity contribution >= 4 is 11.8 Å². The molecule has 1 saturated heterocycles. The summed E-state index contributed by atoms with van der Waals surface area (Å²) in [6.45, 7) is 0.920. The van der Waals surface area contributed by atoms with Crippen molar-refractivity contribution in [1.82, 2.24) is 14.7 Å². The molecule has 0 radical (unpaired) electrons. The molecule has 2 unspecified atom stereocenters. The van der Waals surface area contributed by atoms with Crippen LogP contribution in [0.4, 0.5) is 0 Å². The van der Waals surface area contributed by atoms with Gasteiger partial charge in [0, 0.05) is 25.4 Å². The molecule has 2 N–H and O–H groups in total. The van der Waals surface area contributed by atoms with Gasteiger partial charge in [0.1, 0.15) is 0 Å². The van der Waals surface area contributed by atoms with Gasteiger partial charge in [0.05, 0.1) is 18.5 Å². The van der Waals surface area contributed by atoms with Gasteiger partial charge in [0.15, 0.2) is 0 Å². The Bertz CT molecular complexity index is 654. The molecule has 0 spiro atoms. The highest BCUT2D eigenvalue weighted by molar-refractivity contribution is 5.88. The lowest BCUT2D eigenvalue weighted by molar-refractivity contribution is -0.130. The minimum atomic E-state index is -0.415. The molecule has 6 heteroatoms. The summed E-state index contributed by atoms with van der Waals surface area (Å²) in [7, 11) is 0. The average molecular weight is 298 g/mol. The van der Waals surface area contributed by atoms with Gasteiger partial charge < -0.3 is 10.6 Å². The van der Waals surface area contributed by atoms with E-state index in [1.54, 1.807) is 15.8 Å². The molecule has 1 aromatic heterocycles. The standard InChI is InChI=1S/C16H18N4O2/c17-16(22)13-9-15(21)20(10-13)14(11-19-8-4-7-18-19)12-5-2-1-3-6-12/h1-8,13-14H,9-11H2,(H2,17,22). The SMILES string of the molecule is NC(=O)C1CC(=O)N(C(Cn2cccn2)c2ccccc2)C1. The Kier molecular flexibility index (Phi) is 3.91. The fraction of sp³-hybridized carbons (Fsp3) is 0.312. The van der Waals surface area contributed by atoms with E-state index in [1.165, 1.54) is 0 Å². The number of carbonyl (C=O) groups is 2. The maximum atomic E-state index is 12.3. The number of primary amides is 1. The predicted molar refractivity (Wildman–Crippen MR) is 80.4 cm³/mol. The predicted octanol–water partition coefficient (Wildman–Crippen LogP) is 0.958. The van der Waals surface area contributed by atoms with Crippen molar-refractivity contribution in [2.75, 3.05) is 6.54 Å². The van der Waals surface area contributed by atoms with Crippen LogP contribution in [0.5, 0.6) is 0 Å². The zero-order chi connectivity index (χ0) is 15.5. The summed E-state index contributed by atoms with van der Waals surface area (Å²) >= 11 is 0. The molecule has 0 bridgehead atoms. The quantitative estimate of drug-likeness (QED) is 0.892. The number of nitrogens with two attached hydrogens (primary N) is 1. The van der Waals surface area contributed by atoms with Gasteiger partial charge in [0.25, 0.3) is 0 Å². The first kappa shape index (κ1) is 14.3. The van der Waals surface area contributed by atoms with Crippen molar-refractivity contribution in [2.45, 2.75) is 19.0 Å². The number of aromatic nitrogens is 2. The normalized spacial score (nSPS) is 19.4. The molecule has 1 fully saturated rings. The van der Waals surface area contributed by atoms with Crippen molar-refractivity contribution in [3.63, 3.8) is 0 Å². The zero-order valence-corrected chi connectivity index (χ0v) is 12.1. The van der Waals surface area contributed by atoms with E-state index in [0.29, 0.717) is 13.1 Å². The van der Waals surface area contributed by atoms with Crippen LogP contribution in [-0.4, -0.2) is 33.0 Å². The number of amides is 2. The highest BCUT2D eigenvalue weighted by Crippen LogP contribution is 2.29. The Morgan fingerprint density at radius 2 is 2.09 bits per heavy atom. The first-order valence-corrected chi connectivity index (χ1v) is 7.26. The molecule has 2 heterocycles. The minimum Gasteiger partial charge on any atom is -0.369 e. The molecule has 1 aliphatic rings. The Labute approximate surface area is 128 Å². The summed E-state index contributed by atoms with van der Waals surface area (Å²) in [5.74, 6) is -0.858. The van der Waals surface area contributed by atoms with Crippen molar-refractivity contribution < 1.29 is 9.59 Å². The van der Waals surface area contributed by atoms with Gasteiger partial charge in [-0.15, -0.1) is 0 Å². The van der Waals surface area contributed by atoms with E-state index in [2.05, 4.69) is 5.10 Å². The lowest BCUT2D eigenvalue weighted by Crippen LogP contribution is -2.34. The third kappa shape index (κ3) is 2.86. The summed E-state index contributed by atoms with van der Waals surface area (Å²) in [5.41, 5.74) is 6.39. The first-order chi connectivity index (χ1) is 10.6. The molecule has 3 rings (SSSR count). The summed E-state index contributed by atoms with van der Waals surface area (Å²) < 4.78 is 1.79. The molecule has 1 aromatic carbocycles. The fourth-order valence-corrected chi connectivity index (χ4v) is 2.87. The van der Waals surface area contributed by atoms with Crippen LogP contribution >= 0.6 is 0 Å². The second kappa shape index (κ2) is 6.01. The number of hydrogen-bond donors (Lipinski definition) is 1. The monoisotopic (exact) mass is 298 g/mol. The van der Waals surface area contributed by atoms with Crippen LogP contribution in [0.3, 0.4) is 0 Å². The maximum absolute atomic E-state index is 12.3. The van der Waals surface area contributed by atoms with Crippen molar-refractivity contribution in [2.24, 2.45) is 11.7 Å². The Morgan fingerprint density at radius 3 is 2.68 bits per heavy atom. The number of rotatable bonds is 5. The van der Waals surface area contributed by atoms with Crippen molar-refractivity contribution in [1.29, 1.82) is 0 Å². The first-order valence-electron chi connectivity index (χ1n) is 7.26. The molecule has 2 amide bonds. The van der Waals surface area contributed by atoms with Crippen LogP contribution in [0.1, 0.15) is 18.0 Å². The molecule has 2 aromatic rings. The van der Waals surface area contributed by atoms with E-state index in [0.717, 1.165) is 5.56 Å². The largest absolute Gasteiger partial charge is 0.369 e. The highest BCUT2D eigenvalue weighted by atomic mass is 16.2. The Balaban J connectivity index is 1.88. The molecule has 0 aliphatic carbocycles. The van der Waals surface area contributed by atoms with Gasteiger partial charge in [-0.1, -0.05) is 30.3 Å². The third-order valence-corrected chi connectivity index (χ3v) is 4.04. The number of hydrogen-bond acceptors (Lipinski definition) is 3. The van der Waals surface area contributed by atoms with Gasteiger partial charge in [-0.25, -0.2) is 0 Å². The summed E-state index contributed by atoms with van der Waals surface area (Å²) in [6, 6.07) is 11.5. The maximum Gasteiger partial charge on any atom is 0.224 e. The van der Waals surface area contributed by atoms with Crippen LogP contribution in [-0.2, 0) is 16.1 Å². The number of likely N-dealkylation sites (tertiary alicyclic amines) is 1. The van der Waals surface area contributed by atoms with Crippen LogP contribution in [0, 0.1) is 5.92 Å². The van der Waals surface area contributed by atoms with Crippen molar-refractivity contribution in [3.05, 3.63) is 54.4 Å².